The van der Waals surface area contributed by atoms with Crippen LogP contribution in [0.1, 0.15) is 47.5 Å². The van der Waals surface area contributed by atoms with Gasteiger partial charge < -0.3 is 23.8 Å². The zero-order valence-corrected chi connectivity index (χ0v) is 20.2. The third-order valence-corrected chi connectivity index (χ3v) is 6.63. The number of methoxy groups -OCH3 is 1. The van der Waals surface area contributed by atoms with Gasteiger partial charge in [0, 0.05) is 36.7 Å². The monoisotopic (exact) mass is 494 g/mol. The summed E-state index contributed by atoms with van der Waals surface area (Å²) in [7, 11) is 1.58. The average Bonchev–Trinajstić information content (AvgIpc) is 3.49. The summed E-state index contributed by atoms with van der Waals surface area (Å²) in [6, 6.07) is 9.58. The second-order valence-electron chi connectivity index (χ2n) is 8.87. The van der Waals surface area contributed by atoms with E-state index >= 15 is 0 Å². The first-order chi connectivity index (χ1) is 17.5. The van der Waals surface area contributed by atoms with Gasteiger partial charge in [-0.2, -0.15) is 4.98 Å². The van der Waals surface area contributed by atoms with Gasteiger partial charge in [0.2, 0.25) is 17.6 Å². The van der Waals surface area contributed by atoms with E-state index in [1.54, 1.807) is 12.0 Å². The van der Waals surface area contributed by atoms with Crippen LogP contribution < -0.4 is 9.47 Å². The Morgan fingerprint density at radius 3 is 2.72 bits per heavy atom. The second-order valence-corrected chi connectivity index (χ2v) is 8.87. The maximum atomic E-state index is 13.5. The molecular weight excluding hydrogens is 467 g/mol. The number of halogens is 1. The zero-order chi connectivity index (χ0) is 25.2. The maximum Gasteiger partial charge on any atom is 0.254 e. The van der Waals surface area contributed by atoms with Gasteiger partial charge in [0.25, 0.3) is 5.91 Å². The predicted octanol–water partition coefficient (Wildman–Crippen LogP) is 3.65. The Hall–Kier alpha value is -3.95. The smallest absolute Gasteiger partial charge is 0.254 e. The molecule has 2 aromatic carbocycles. The van der Waals surface area contributed by atoms with E-state index in [-0.39, 0.29) is 36.6 Å². The summed E-state index contributed by atoms with van der Waals surface area (Å²) >= 11 is 0. The number of amides is 2. The normalized spacial score (nSPS) is 15.8. The van der Waals surface area contributed by atoms with Crippen molar-refractivity contribution in [3.63, 3.8) is 0 Å². The molecule has 2 amide bonds. The first kappa shape index (κ1) is 23.8. The van der Waals surface area contributed by atoms with Crippen molar-refractivity contribution in [2.75, 3.05) is 33.4 Å². The fourth-order valence-electron chi connectivity index (χ4n) is 4.72. The number of ether oxygens (including phenoxy) is 2. The molecule has 0 radical (unpaired) electrons. The highest BCUT2D eigenvalue weighted by Crippen LogP contribution is 2.33. The number of hydrogen-bond donors (Lipinski definition) is 0. The maximum absolute atomic E-state index is 13.5. The van der Waals surface area contributed by atoms with Gasteiger partial charge in [-0.25, -0.2) is 4.39 Å². The molecule has 9 nitrogen and oxygen atoms in total. The number of piperidine rings is 1. The van der Waals surface area contributed by atoms with Crippen molar-refractivity contribution < 1.29 is 28.0 Å². The highest BCUT2D eigenvalue weighted by Gasteiger charge is 2.32. The van der Waals surface area contributed by atoms with Crippen LogP contribution in [-0.4, -0.2) is 65.1 Å². The second kappa shape index (κ2) is 9.96. The van der Waals surface area contributed by atoms with Crippen molar-refractivity contribution >= 4 is 11.8 Å². The molecule has 3 aromatic rings. The first-order valence-corrected chi connectivity index (χ1v) is 12.0. The summed E-state index contributed by atoms with van der Waals surface area (Å²) < 4.78 is 30.0. The summed E-state index contributed by atoms with van der Waals surface area (Å²) in [5.41, 5.74) is 1.83. The van der Waals surface area contributed by atoms with Crippen molar-refractivity contribution in [2.24, 2.45) is 0 Å². The predicted molar refractivity (Wildman–Crippen MR) is 127 cm³/mol. The van der Waals surface area contributed by atoms with Gasteiger partial charge in [0.1, 0.15) is 12.4 Å². The van der Waals surface area contributed by atoms with Crippen LogP contribution in [0.4, 0.5) is 4.39 Å². The molecule has 10 heteroatoms. The molecule has 2 aliphatic rings. The summed E-state index contributed by atoms with van der Waals surface area (Å²) in [5.74, 6) is 1.54. The number of rotatable bonds is 7. The molecule has 1 aromatic heterocycles. The van der Waals surface area contributed by atoms with Crippen LogP contribution in [0.5, 0.6) is 11.5 Å². The SMILES string of the molecule is CCOc1ccc(-c2noc(C3CCN(C(=O)CN4Cc5cc(F)ccc5C4=O)CC3)n2)cc1OC. The molecular formula is C26H27FN4O5. The third-order valence-electron chi connectivity index (χ3n) is 6.63. The number of nitrogens with zero attached hydrogens (tertiary/aromatic N) is 4. The van der Waals surface area contributed by atoms with Gasteiger partial charge in [-0.1, -0.05) is 5.16 Å². The topological polar surface area (TPSA) is 98.0 Å². The lowest BCUT2D eigenvalue weighted by molar-refractivity contribution is -0.133. The Bertz CT molecular complexity index is 1290. The van der Waals surface area contributed by atoms with Crippen molar-refractivity contribution in [3.8, 4) is 22.9 Å². The summed E-state index contributed by atoms with van der Waals surface area (Å²) in [4.78, 5) is 33.2. The molecule has 3 heterocycles. The van der Waals surface area contributed by atoms with Crippen LogP contribution in [0.2, 0.25) is 0 Å². The number of carbonyl (C=O) groups is 2. The van der Waals surface area contributed by atoms with Gasteiger partial charge in [-0.05, 0) is 61.7 Å². The molecule has 2 aliphatic heterocycles. The molecule has 36 heavy (non-hydrogen) atoms. The van der Waals surface area contributed by atoms with Crippen LogP contribution in [0.3, 0.4) is 0 Å². The van der Waals surface area contributed by atoms with Gasteiger partial charge in [0.15, 0.2) is 11.5 Å². The minimum absolute atomic E-state index is 0.0237. The summed E-state index contributed by atoms with van der Waals surface area (Å²) in [6.07, 6.45) is 1.36. The Morgan fingerprint density at radius 2 is 1.97 bits per heavy atom. The van der Waals surface area contributed by atoms with Crippen LogP contribution in [-0.2, 0) is 11.3 Å². The standard InChI is InChI=1S/C26H27FN4O5/c1-3-35-21-7-4-17(13-22(21)34-2)24-28-25(36-29-24)16-8-10-30(11-9-16)23(32)15-31-14-18-12-19(27)5-6-20(18)26(31)33/h4-7,12-13,16H,3,8-11,14-15H2,1-2H3. The van der Waals surface area contributed by atoms with E-state index in [1.165, 1.54) is 23.1 Å². The Labute approximate surface area is 207 Å². The fraction of sp³-hybridized carbons (Fsp3) is 0.385. The molecule has 0 spiro atoms. The van der Waals surface area contributed by atoms with Crippen LogP contribution in [0.15, 0.2) is 40.9 Å². The van der Waals surface area contributed by atoms with E-state index in [2.05, 4.69) is 10.1 Å². The molecule has 0 unspecified atom stereocenters. The minimum Gasteiger partial charge on any atom is -0.493 e. The molecule has 0 N–H and O–H groups in total. The number of aromatic nitrogens is 2. The summed E-state index contributed by atoms with van der Waals surface area (Å²) in [5, 5.41) is 4.14. The lowest BCUT2D eigenvalue weighted by Crippen LogP contribution is -2.44. The number of benzene rings is 2. The quantitative estimate of drug-likeness (QED) is 0.495. The van der Waals surface area contributed by atoms with E-state index in [4.69, 9.17) is 14.0 Å². The molecule has 0 atom stereocenters. The Kier molecular flexibility index (Phi) is 6.58. The molecule has 1 fully saturated rings. The highest BCUT2D eigenvalue weighted by atomic mass is 19.1. The lowest BCUT2D eigenvalue weighted by atomic mass is 9.96. The molecule has 0 saturated carbocycles. The van der Waals surface area contributed by atoms with Gasteiger partial charge in [-0.15, -0.1) is 0 Å². The van der Waals surface area contributed by atoms with Gasteiger partial charge in [0.05, 0.1) is 13.7 Å². The number of hydrogen-bond acceptors (Lipinski definition) is 7. The first-order valence-electron chi connectivity index (χ1n) is 12.0. The minimum atomic E-state index is -0.386. The van der Waals surface area contributed by atoms with Crippen molar-refractivity contribution in [1.29, 1.82) is 0 Å². The largest absolute Gasteiger partial charge is 0.493 e. The number of fused-ring (bicyclic) bond motifs is 1. The van der Waals surface area contributed by atoms with Crippen molar-refractivity contribution in [2.45, 2.75) is 32.2 Å². The van der Waals surface area contributed by atoms with Crippen molar-refractivity contribution in [1.82, 2.24) is 19.9 Å². The Balaban J connectivity index is 1.18. The van der Waals surface area contributed by atoms with Crippen LogP contribution >= 0.6 is 0 Å². The molecule has 1 saturated heterocycles. The van der Waals surface area contributed by atoms with Crippen LogP contribution in [0.25, 0.3) is 11.4 Å². The van der Waals surface area contributed by atoms with E-state index in [1.807, 2.05) is 25.1 Å². The van der Waals surface area contributed by atoms with Crippen molar-refractivity contribution in [3.05, 3.63) is 59.2 Å². The molecule has 188 valence electrons. The lowest BCUT2D eigenvalue weighted by Gasteiger charge is -2.31. The third kappa shape index (κ3) is 4.62. The van der Waals surface area contributed by atoms with E-state index < -0.39 is 0 Å². The van der Waals surface area contributed by atoms with Gasteiger partial charge >= 0.3 is 0 Å². The highest BCUT2D eigenvalue weighted by molar-refractivity contribution is 6.00. The zero-order valence-electron chi connectivity index (χ0n) is 20.2. The van der Waals surface area contributed by atoms with Crippen LogP contribution in [0, 0.1) is 5.82 Å². The summed E-state index contributed by atoms with van der Waals surface area (Å²) in [6.45, 7) is 3.72. The number of carbonyl (C=O) groups excluding carboxylic acids is 2. The van der Waals surface area contributed by atoms with E-state index in [0.29, 0.717) is 66.9 Å². The fourth-order valence-corrected chi connectivity index (χ4v) is 4.72. The van der Waals surface area contributed by atoms with E-state index in [9.17, 15) is 14.0 Å². The van der Waals surface area contributed by atoms with Gasteiger partial charge in [-0.3, -0.25) is 9.59 Å². The average molecular weight is 495 g/mol. The van der Waals surface area contributed by atoms with E-state index in [0.717, 1.165) is 5.56 Å². The number of likely N-dealkylation sites (tertiary alicyclic amines) is 1. The molecule has 0 aliphatic carbocycles. The Morgan fingerprint density at radius 1 is 1.17 bits per heavy atom. The molecule has 5 rings (SSSR count). The molecule has 0 bridgehead atoms.